The van der Waals surface area contributed by atoms with Gasteiger partial charge >= 0.3 is 0 Å². The third-order valence-electron chi connectivity index (χ3n) is 5.78. The molecule has 31 heavy (non-hydrogen) atoms. The number of anilines is 1. The van der Waals surface area contributed by atoms with E-state index in [1.807, 2.05) is 20.8 Å². The van der Waals surface area contributed by atoms with E-state index < -0.39 is 0 Å². The Morgan fingerprint density at radius 2 is 2.16 bits per heavy atom. The smallest absolute Gasteiger partial charge is 0.255 e. The molecule has 1 aliphatic rings. The van der Waals surface area contributed by atoms with E-state index in [1.165, 1.54) is 13.3 Å². The Labute approximate surface area is 183 Å². The molecule has 1 saturated heterocycles. The Morgan fingerprint density at radius 1 is 1.42 bits per heavy atom. The second-order valence-electron chi connectivity index (χ2n) is 8.26. The van der Waals surface area contributed by atoms with Crippen molar-refractivity contribution in [1.29, 1.82) is 5.26 Å². The molecule has 1 atom stereocenters. The summed E-state index contributed by atoms with van der Waals surface area (Å²) in [5.41, 5.74) is 8.70. The highest BCUT2D eigenvalue weighted by Crippen LogP contribution is 2.39. The van der Waals surface area contributed by atoms with E-state index in [-0.39, 0.29) is 23.2 Å². The number of nitrogens with one attached hydrogen (secondary N) is 1. The van der Waals surface area contributed by atoms with Crippen molar-refractivity contribution in [2.75, 3.05) is 25.1 Å². The number of hydrogen-bond donors (Lipinski definition) is 2. The summed E-state index contributed by atoms with van der Waals surface area (Å²) < 4.78 is 5.28. The Bertz CT molecular complexity index is 994. The molecule has 8 heteroatoms. The van der Waals surface area contributed by atoms with E-state index in [4.69, 9.17) is 10.5 Å². The van der Waals surface area contributed by atoms with Crippen molar-refractivity contribution >= 4 is 11.6 Å². The van der Waals surface area contributed by atoms with Crippen LogP contribution in [0.2, 0.25) is 0 Å². The van der Waals surface area contributed by atoms with Gasteiger partial charge in [0, 0.05) is 48.7 Å². The molecule has 1 fully saturated rings. The van der Waals surface area contributed by atoms with Gasteiger partial charge in [-0.15, -0.1) is 0 Å². The highest BCUT2D eigenvalue weighted by Gasteiger charge is 2.34. The molecular formula is C23H30N6O2. The number of nitrogens with zero attached hydrogens (tertiary/aromatic N) is 4. The summed E-state index contributed by atoms with van der Waals surface area (Å²) in [4.78, 5) is 23.9. The molecule has 8 nitrogen and oxygen atoms in total. The molecule has 0 aromatic carbocycles. The van der Waals surface area contributed by atoms with Crippen LogP contribution < -0.4 is 20.7 Å². The summed E-state index contributed by atoms with van der Waals surface area (Å²) in [5, 5.41) is 12.9. The van der Waals surface area contributed by atoms with E-state index in [0.717, 1.165) is 19.3 Å². The van der Waals surface area contributed by atoms with Crippen LogP contribution in [0.25, 0.3) is 11.1 Å². The van der Waals surface area contributed by atoms with Crippen LogP contribution in [0.4, 0.5) is 5.69 Å². The van der Waals surface area contributed by atoms with Crippen molar-refractivity contribution in [2.45, 2.75) is 51.6 Å². The quantitative estimate of drug-likeness (QED) is 0.704. The van der Waals surface area contributed by atoms with Crippen LogP contribution in [0.1, 0.15) is 56.1 Å². The highest BCUT2D eigenvalue weighted by molar-refractivity contribution is 6.04. The fourth-order valence-corrected chi connectivity index (χ4v) is 3.96. The molecule has 2 aromatic heterocycles. The zero-order valence-electron chi connectivity index (χ0n) is 18.6. The lowest BCUT2D eigenvalue weighted by atomic mass is 9.98. The molecule has 1 amide bonds. The maximum atomic E-state index is 13.3. The van der Waals surface area contributed by atoms with Gasteiger partial charge in [-0.05, 0) is 37.8 Å². The lowest BCUT2D eigenvalue weighted by molar-refractivity contribution is 0.0935. The number of pyridine rings is 2. The van der Waals surface area contributed by atoms with E-state index in [9.17, 15) is 10.1 Å². The van der Waals surface area contributed by atoms with Gasteiger partial charge in [-0.25, -0.2) is 9.97 Å². The Hall–Kier alpha value is -3.18. The van der Waals surface area contributed by atoms with Gasteiger partial charge in [-0.2, -0.15) is 5.26 Å². The van der Waals surface area contributed by atoms with Gasteiger partial charge in [0.05, 0.1) is 18.4 Å². The van der Waals surface area contributed by atoms with Crippen LogP contribution in [0.15, 0.2) is 24.5 Å². The van der Waals surface area contributed by atoms with Gasteiger partial charge in [-0.1, -0.05) is 13.8 Å². The zero-order chi connectivity index (χ0) is 22.6. The number of hydrogen-bond acceptors (Lipinski definition) is 7. The molecule has 3 N–H and O–H groups in total. The first-order valence-corrected chi connectivity index (χ1v) is 10.6. The third kappa shape index (κ3) is 4.78. The van der Waals surface area contributed by atoms with Crippen LogP contribution in [0, 0.1) is 11.3 Å². The lowest BCUT2D eigenvalue weighted by Crippen LogP contribution is -2.40. The zero-order valence-corrected chi connectivity index (χ0v) is 18.6. The number of carbonyl (C=O) groups is 1. The summed E-state index contributed by atoms with van der Waals surface area (Å²) in [6, 6.07) is 5.80. The van der Waals surface area contributed by atoms with Gasteiger partial charge in [0.2, 0.25) is 5.88 Å². The number of rotatable bonds is 7. The number of ether oxygens (including phenoxy) is 1. The van der Waals surface area contributed by atoms with Crippen LogP contribution in [0.3, 0.4) is 0 Å². The average Bonchev–Trinajstić information content (AvgIpc) is 3.15. The number of aromatic nitrogens is 2. The molecule has 1 aliphatic heterocycles. The average molecular weight is 423 g/mol. The van der Waals surface area contributed by atoms with Gasteiger partial charge in [0.15, 0.2) is 0 Å². The fourth-order valence-electron chi connectivity index (χ4n) is 3.96. The van der Waals surface area contributed by atoms with Crippen LogP contribution in [-0.4, -0.2) is 47.7 Å². The van der Waals surface area contributed by atoms with Gasteiger partial charge in [0.25, 0.3) is 5.91 Å². The van der Waals surface area contributed by atoms with Crippen LogP contribution in [0.5, 0.6) is 5.88 Å². The molecule has 0 spiro atoms. The normalized spacial score (nSPS) is 18.2. The summed E-state index contributed by atoms with van der Waals surface area (Å²) in [6.45, 7) is 7.34. The number of carbonyl (C=O) groups excluding carboxylic acids is 1. The van der Waals surface area contributed by atoms with Crippen LogP contribution >= 0.6 is 0 Å². The lowest BCUT2D eigenvalue weighted by Gasteiger charge is -2.27. The van der Waals surface area contributed by atoms with E-state index in [1.54, 1.807) is 18.3 Å². The summed E-state index contributed by atoms with van der Waals surface area (Å²) in [6.07, 6.45) is 5.57. The fraction of sp³-hybridized carbons (Fsp3) is 0.478. The first-order chi connectivity index (χ1) is 14.8. The standard InChI is InChI=1S/C23H30N6O2/c1-5-16(6-2)28-22(30)17-13-27-18(12-24)20(15-7-9-26-19(11-15)31-4)21(17)29-10-8-23(3,25)14-29/h7,9,11,13,16H,5-6,8,10,14,25H2,1-4H3,(H,28,30)/t23-/m0/s1. The summed E-state index contributed by atoms with van der Waals surface area (Å²) in [7, 11) is 1.54. The molecule has 164 valence electrons. The second kappa shape index (κ2) is 9.31. The minimum absolute atomic E-state index is 0.0683. The molecule has 0 radical (unpaired) electrons. The van der Waals surface area contributed by atoms with Crippen molar-refractivity contribution in [3.8, 4) is 23.1 Å². The molecule has 0 bridgehead atoms. The maximum Gasteiger partial charge on any atom is 0.255 e. The molecule has 3 heterocycles. The van der Waals surface area contributed by atoms with Gasteiger partial charge < -0.3 is 20.7 Å². The Morgan fingerprint density at radius 3 is 2.74 bits per heavy atom. The minimum atomic E-state index is -0.383. The summed E-state index contributed by atoms with van der Waals surface area (Å²) in [5.74, 6) is 0.220. The number of amides is 1. The van der Waals surface area contributed by atoms with E-state index >= 15 is 0 Å². The molecule has 0 aliphatic carbocycles. The van der Waals surface area contributed by atoms with Crippen molar-refractivity contribution in [1.82, 2.24) is 15.3 Å². The van der Waals surface area contributed by atoms with E-state index in [2.05, 4.69) is 26.3 Å². The third-order valence-corrected chi connectivity index (χ3v) is 5.78. The number of nitrogens with two attached hydrogens (primary N) is 1. The number of nitriles is 1. The maximum absolute atomic E-state index is 13.3. The first-order valence-electron chi connectivity index (χ1n) is 10.6. The molecule has 0 unspecified atom stereocenters. The molecular weight excluding hydrogens is 392 g/mol. The van der Waals surface area contributed by atoms with Crippen LogP contribution in [-0.2, 0) is 0 Å². The van der Waals surface area contributed by atoms with Crippen molar-refractivity contribution < 1.29 is 9.53 Å². The molecule has 0 saturated carbocycles. The predicted molar refractivity (Wildman–Crippen MR) is 120 cm³/mol. The van der Waals surface area contributed by atoms with Gasteiger partial charge in [0.1, 0.15) is 11.8 Å². The monoisotopic (exact) mass is 422 g/mol. The first kappa shape index (κ1) is 22.5. The van der Waals surface area contributed by atoms with Gasteiger partial charge in [-0.3, -0.25) is 4.79 Å². The van der Waals surface area contributed by atoms with Crippen molar-refractivity contribution in [3.63, 3.8) is 0 Å². The Balaban J connectivity index is 2.22. The minimum Gasteiger partial charge on any atom is -0.481 e. The largest absolute Gasteiger partial charge is 0.481 e. The predicted octanol–water partition coefficient (Wildman–Crippen LogP) is 2.87. The van der Waals surface area contributed by atoms with Crippen molar-refractivity contribution in [2.24, 2.45) is 5.73 Å². The molecule has 3 rings (SSSR count). The topological polar surface area (TPSA) is 117 Å². The SMILES string of the molecule is CCC(CC)NC(=O)c1cnc(C#N)c(-c2ccnc(OC)c2)c1N1CC[C@](C)(N)C1. The summed E-state index contributed by atoms with van der Waals surface area (Å²) >= 11 is 0. The Kier molecular flexibility index (Phi) is 6.76. The van der Waals surface area contributed by atoms with Crippen molar-refractivity contribution in [3.05, 3.63) is 35.8 Å². The van der Waals surface area contributed by atoms with E-state index in [0.29, 0.717) is 41.3 Å². The highest BCUT2D eigenvalue weighted by atomic mass is 16.5. The molecule has 2 aromatic rings. The number of methoxy groups -OCH3 is 1. The second-order valence-corrected chi connectivity index (χ2v) is 8.26.